The van der Waals surface area contributed by atoms with Crippen LogP contribution in [0.15, 0.2) is 30.3 Å². The fraction of sp³-hybridized carbons (Fsp3) is 0.389. The Hall–Kier alpha value is -2.73. The third-order valence-electron chi connectivity index (χ3n) is 4.49. The Balaban J connectivity index is 1.56. The molecule has 3 rings (SSSR count). The molecule has 0 radical (unpaired) electrons. The van der Waals surface area contributed by atoms with Crippen LogP contribution in [-0.2, 0) is 12.7 Å². The van der Waals surface area contributed by atoms with Crippen molar-refractivity contribution in [2.75, 3.05) is 18.4 Å². The predicted octanol–water partition coefficient (Wildman–Crippen LogP) is 3.58. The van der Waals surface area contributed by atoms with Crippen LogP contribution in [0.4, 0.5) is 23.4 Å². The van der Waals surface area contributed by atoms with Gasteiger partial charge in [-0.05, 0) is 43.2 Å². The summed E-state index contributed by atoms with van der Waals surface area (Å²) >= 11 is 0. The molecule has 1 N–H and O–H groups in total. The summed E-state index contributed by atoms with van der Waals surface area (Å²) < 4.78 is 52.3. The number of nitrogens with zero attached hydrogens (tertiary/aromatic N) is 4. The molecule has 0 saturated carbocycles. The van der Waals surface area contributed by atoms with Crippen molar-refractivity contribution in [3.63, 3.8) is 0 Å². The fourth-order valence-electron chi connectivity index (χ4n) is 3.03. The lowest BCUT2D eigenvalue weighted by atomic mass is 10.0. The van der Waals surface area contributed by atoms with Gasteiger partial charge < -0.3 is 5.32 Å². The Bertz CT molecular complexity index is 821. The third kappa shape index (κ3) is 4.92. The summed E-state index contributed by atoms with van der Waals surface area (Å²) in [6.45, 7) is 1.38. The second-order valence-electron chi connectivity index (χ2n) is 6.41. The number of alkyl halides is 3. The van der Waals surface area contributed by atoms with E-state index in [-0.39, 0.29) is 23.8 Å². The first-order valence-electron chi connectivity index (χ1n) is 8.43. The van der Waals surface area contributed by atoms with Crippen LogP contribution >= 0.6 is 0 Å². The first kappa shape index (κ1) is 19.0. The van der Waals surface area contributed by atoms with Crippen molar-refractivity contribution in [2.24, 2.45) is 0 Å². The molecule has 0 amide bonds. The van der Waals surface area contributed by atoms with Crippen LogP contribution in [0.25, 0.3) is 0 Å². The molecule has 1 saturated heterocycles. The molecule has 142 valence electrons. The van der Waals surface area contributed by atoms with Gasteiger partial charge in [-0.3, -0.25) is 4.90 Å². The van der Waals surface area contributed by atoms with E-state index >= 15 is 0 Å². The average molecular weight is 379 g/mol. The number of hydrogen-bond acceptors (Lipinski definition) is 5. The lowest BCUT2D eigenvalue weighted by Crippen LogP contribution is -2.39. The maximum absolute atomic E-state index is 13.9. The first-order chi connectivity index (χ1) is 12.8. The summed E-state index contributed by atoms with van der Waals surface area (Å²) in [4.78, 5) is 1.93. The van der Waals surface area contributed by atoms with Gasteiger partial charge in [0.2, 0.25) is 0 Å². The van der Waals surface area contributed by atoms with Gasteiger partial charge in [-0.15, -0.1) is 10.2 Å². The lowest BCUT2D eigenvalue weighted by molar-refractivity contribution is -0.137. The van der Waals surface area contributed by atoms with E-state index in [1.165, 1.54) is 0 Å². The van der Waals surface area contributed by atoms with Gasteiger partial charge in [0, 0.05) is 31.2 Å². The van der Waals surface area contributed by atoms with Gasteiger partial charge >= 0.3 is 6.18 Å². The quantitative estimate of drug-likeness (QED) is 0.823. The molecule has 0 atom stereocenters. The van der Waals surface area contributed by atoms with Crippen LogP contribution in [-0.4, -0.2) is 34.2 Å². The molecule has 1 aliphatic heterocycles. The monoisotopic (exact) mass is 379 g/mol. The summed E-state index contributed by atoms with van der Waals surface area (Å²) in [5.41, 5.74) is -0.553. The van der Waals surface area contributed by atoms with Crippen LogP contribution in [0.3, 0.4) is 0 Å². The van der Waals surface area contributed by atoms with Gasteiger partial charge in [0.25, 0.3) is 0 Å². The minimum atomic E-state index is -4.48. The van der Waals surface area contributed by atoms with E-state index in [9.17, 15) is 17.6 Å². The molecule has 0 bridgehead atoms. The van der Waals surface area contributed by atoms with Crippen molar-refractivity contribution in [3.05, 3.63) is 53.0 Å². The van der Waals surface area contributed by atoms with E-state index in [0.717, 1.165) is 31.0 Å². The molecule has 1 aromatic heterocycles. The van der Waals surface area contributed by atoms with Crippen molar-refractivity contribution < 1.29 is 17.6 Å². The normalized spacial score (nSPS) is 16.1. The Morgan fingerprint density at radius 1 is 1.15 bits per heavy atom. The highest BCUT2D eigenvalue weighted by atomic mass is 19.4. The van der Waals surface area contributed by atoms with Crippen LogP contribution in [0.5, 0.6) is 0 Å². The summed E-state index contributed by atoms with van der Waals surface area (Å²) in [6, 6.07) is 7.79. The standard InChI is InChI=1S/C18H17F4N5/c19-16-3-1-13(18(20,21)22)9-12(16)11-27-7-5-14(6-8-27)24-17-4-2-15(10-23)25-26-17/h1-4,9,14H,5-8,11H2,(H,24,26). The zero-order valence-electron chi connectivity index (χ0n) is 14.3. The highest BCUT2D eigenvalue weighted by Gasteiger charge is 2.31. The van der Waals surface area contributed by atoms with Gasteiger partial charge in [-0.2, -0.15) is 18.4 Å². The maximum Gasteiger partial charge on any atom is 0.416 e. The van der Waals surface area contributed by atoms with Gasteiger partial charge in [0.1, 0.15) is 17.7 Å². The number of nitriles is 1. The van der Waals surface area contributed by atoms with Crippen LogP contribution in [0.2, 0.25) is 0 Å². The average Bonchev–Trinajstić information content (AvgIpc) is 2.65. The highest BCUT2D eigenvalue weighted by molar-refractivity contribution is 5.36. The molecule has 0 spiro atoms. The lowest BCUT2D eigenvalue weighted by Gasteiger charge is -2.32. The molecule has 0 aliphatic carbocycles. The summed E-state index contributed by atoms with van der Waals surface area (Å²) in [5.74, 6) is -0.0625. The zero-order chi connectivity index (χ0) is 19.4. The number of likely N-dealkylation sites (tertiary alicyclic amines) is 1. The summed E-state index contributed by atoms with van der Waals surface area (Å²) in [7, 11) is 0. The Labute approximate surface area is 153 Å². The minimum absolute atomic E-state index is 0.0502. The number of rotatable bonds is 4. The van der Waals surface area contributed by atoms with Crippen LogP contribution < -0.4 is 5.32 Å². The van der Waals surface area contributed by atoms with Gasteiger partial charge in [0.15, 0.2) is 5.69 Å². The van der Waals surface area contributed by atoms with Crippen LogP contribution in [0, 0.1) is 17.1 Å². The predicted molar refractivity (Wildman–Crippen MR) is 90.1 cm³/mol. The summed E-state index contributed by atoms with van der Waals surface area (Å²) in [6.07, 6.45) is -3.01. The highest BCUT2D eigenvalue weighted by Crippen LogP contribution is 2.31. The Morgan fingerprint density at radius 2 is 1.89 bits per heavy atom. The largest absolute Gasteiger partial charge is 0.416 e. The molecule has 1 aromatic carbocycles. The second-order valence-corrected chi connectivity index (χ2v) is 6.41. The zero-order valence-corrected chi connectivity index (χ0v) is 14.3. The minimum Gasteiger partial charge on any atom is -0.366 e. The molecule has 2 aromatic rings. The number of halogens is 4. The fourth-order valence-corrected chi connectivity index (χ4v) is 3.03. The van der Waals surface area contributed by atoms with Crippen molar-refractivity contribution in [3.8, 4) is 6.07 Å². The topological polar surface area (TPSA) is 64.8 Å². The number of aromatic nitrogens is 2. The molecular weight excluding hydrogens is 362 g/mol. The van der Waals surface area contributed by atoms with Gasteiger partial charge in [0.05, 0.1) is 5.56 Å². The van der Waals surface area contributed by atoms with E-state index in [0.29, 0.717) is 18.9 Å². The molecule has 5 nitrogen and oxygen atoms in total. The molecular formula is C18H17F4N5. The molecule has 27 heavy (non-hydrogen) atoms. The van der Waals surface area contributed by atoms with Crippen molar-refractivity contribution in [1.29, 1.82) is 5.26 Å². The number of hydrogen-bond donors (Lipinski definition) is 1. The Morgan fingerprint density at radius 3 is 2.48 bits per heavy atom. The van der Waals surface area contributed by atoms with Crippen molar-refractivity contribution in [2.45, 2.75) is 31.6 Å². The Kier molecular flexibility index (Phi) is 5.56. The maximum atomic E-state index is 13.9. The summed E-state index contributed by atoms with van der Waals surface area (Å²) in [5, 5.41) is 19.6. The first-order valence-corrected chi connectivity index (χ1v) is 8.43. The number of piperidine rings is 1. The SMILES string of the molecule is N#Cc1ccc(NC2CCN(Cc3cc(C(F)(F)F)ccc3F)CC2)nn1. The van der Waals surface area contributed by atoms with E-state index in [1.807, 2.05) is 11.0 Å². The van der Waals surface area contributed by atoms with E-state index in [2.05, 4.69) is 15.5 Å². The molecule has 9 heteroatoms. The molecule has 0 unspecified atom stereocenters. The number of anilines is 1. The van der Waals surface area contributed by atoms with E-state index in [1.54, 1.807) is 12.1 Å². The van der Waals surface area contributed by atoms with Crippen molar-refractivity contribution >= 4 is 5.82 Å². The van der Waals surface area contributed by atoms with E-state index < -0.39 is 17.6 Å². The second kappa shape index (κ2) is 7.88. The van der Waals surface area contributed by atoms with Gasteiger partial charge in [-0.1, -0.05) is 0 Å². The molecule has 1 fully saturated rings. The number of nitrogens with one attached hydrogen (secondary N) is 1. The van der Waals surface area contributed by atoms with E-state index in [4.69, 9.17) is 5.26 Å². The third-order valence-corrected chi connectivity index (χ3v) is 4.49. The van der Waals surface area contributed by atoms with Crippen LogP contribution in [0.1, 0.15) is 29.7 Å². The van der Waals surface area contributed by atoms with Gasteiger partial charge in [-0.25, -0.2) is 4.39 Å². The molecule has 2 heterocycles. The smallest absolute Gasteiger partial charge is 0.366 e. The molecule has 1 aliphatic rings. The number of benzene rings is 1. The van der Waals surface area contributed by atoms with Crippen molar-refractivity contribution in [1.82, 2.24) is 15.1 Å².